The minimum Gasteiger partial charge on any atom is -0.460 e. The molecule has 2 aromatic heterocycles. The molecular formula is C30H34ClF3N7O10PS. The standard InChI is InChI=1S/C30H34ClF3N7O10PS/c1-16(26(43)48-14-17-6-4-5-7-21(17)30(32,33)34)39-52(45,51-19-10-8-18(31)9-11-19)49-15-22-23(42)29(2,44)27(50-22)41-13-12-20-24(38-40-53(3,46)47)36-28(35)37-25(20)41/h4-13,16,22-23,27,40,42,44H,14-15H2,1-3H3,(H,39,45)(H3,35,36,37,38)/t16?,22?,23-,27?,29-,52?/m1/s1. The van der Waals surface area contributed by atoms with Crippen LogP contribution < -0.4 is 25.6 Å². The van der Waals surface area contributed by atoms with Gasteiger partial charge in [0.25, 0.3) is 0 Å². The van der Waals surface area contributed by atoms with E-state index < -0.39 is 78.8 Å². The fourth-order valence-electron chi connectivity index (χ4n) is 5.24. The number of esters is 1. The highest BCUT2D eigenvalue weighted by Gasteiger charge is 2.54. The number of nitrogen functional groups attached to an aromatic ring is 1. The number of anilines is 2. The van der Waals surface area contributed by atoms with E-state index >= 15 is 0 Å². The molecule has 0 bridgehead atoms. The number of rotatable bonds is 14. The van der Waals surface area contributed by atoms with Gasteiger partial charge in [-0.1, -0.05) is 29.8 Å². The van der Waals surface area contributed by atoms with E-state index in [4.69, 9.17) is 35.9 Å². The summed E-state index contributed by atoms with van der Waals surface area (Å²) < 4.78 is 101. The predicted octanol–water partition coefficient (Wildman–Crippen LogP) is 3.50. The van der Waals surface area contributed by atoms with E-state index in [0.29, 0.717) is 5.02 Å². The number of aliphatic hydroxyl groups excluding tert-OH is 1. The highest BCUT2D eigenvalue weighted by Crippen LogP contribution is 2.47. The number of aromatic nitrogens is 3. The number of nitrogens with one attached hydrogen (secondary N) is 3. The number of alkyl halides is 3. The molecule has 0 radical (unpaired) electrons. The average Bonchev–Trinajstić information content (AvgIpc) is 3.58. The van der Waals surface area contributed by atoms with Crippen LogP contribution in [-0.4, -0.2) is 75.8 Å². The summed E-state index contributed by atoms with van der Waals surface area (Å²) in [5.74, 6) is -1.45. The van der Waals surface area contributed by atoms with Gasteiger partial charge in [0.2, 0.25) is 16.0 Å². The van der Waals surface area contributed by atoms with Crippen molar-refractivity contribution in [3.05, 3.63) is 76.9 Å². The minimum absolute atomic E-state index is 0.0293. The number of ether oxygens (including phenoxy) is 2. The second-order valence-electron chi connectivity index (χ2n) is 12.0. The number of benzene rings is 2. The first-order valence-corrected chi connectivity index (χ1v) is 19.2. The van der Waals surface area contributed by atoms with Crippen molar-refractivity contribution in [3.63, 3.8) is 0 Å². The zero-order valence-electron chi connectivity index (χ0n) is 27.9. The zero-order chi connectivity index (χ0) is 38.9. The molecule has 0 amide bonds. The molecule has 23 heteroatoms. The van der Waals surface area contributed by atoms with Gasteiger partial charge in [0, 0.05) is 16.8 Å². The summed E-state index contributed by atoms with van der Waals surface area (Å²) in [5.41, 5.74) is 4.98. The van der Waals surface area contributed by atoms with Crippen molar-refractivity contribution in [2.45, 2.75) is 56.7 Å². The number of fused-ring (bicyclic) bond motifs is 1. The number of nitrogens with two attached hydrogens (primary N) is 1. The molecule has 0 saturated carbocycles. The number of halogens is 4. The number of carbonyl (C=O) groups is 1. The molecule has 1 fully saturated rings. The van der Waals surface area contributed by atoms with Crippen molar-refractivity contribution in [3.8, 4) is 5.75 Å². The molecule has 6 atom stereocenters. The topological polar surface area (TPSA) is 238 Å². The van der Waals surface area contributed by atoms with Crippen LogP contribution in [0, 0.1) is 0 Å². The second-order valence-corrected chi connectivity index (χ2v) is 15.9. The smallest absolute Gasteiger partial charge is 0.459 e. The van der Waals surface area contributed by atoms with Crippen molar-refractivity contribution < 1.29 is 59.7 Å². The molecule has 53 heavy (non-hydrogen) atoms. The van der Waals surface area contributed by atoms with Crippen LogP contribution in [0.1, 0.15) is 31.2 Å². The molecule has 5 rings (SSSR count). The van der Waals surface area contributed by atoms with Gasteiger partial charge in [0.1, 0.15) is 41.9 Å². The van der Waals surface area contributed by atoms with E-state index in [1.54, 1.807) is 0 Å². The predicted molar refractivity (Wildman–Crippen MR) is 184 cm³/mol. The lowest BCUT2D eigenvalue weighted by atomic mass is 9.96. The Balaban J connectivity index is 1.34. The fourth-order valence-corrected chi connectivity index (χ4v) is 7.15. The van der Waals surface area contributed by atoms with Gasteiger partial charge in [-0.3, -0.25) is 14.7 Å². The lowest BCUT2D eigenvalue weighted by Gasteiger charge is -2.28. The molecular weight excluding hydrogens is 774 g/mol. The zero-order valence-corrected chi connectivity index (χ0v) is 30.4. The van der Waals surface area contributed by atoms with E-state index in [1.807, 2.05) is 0 Å². The van der Waals surface area contributed by atoms with E-state index in [1.165, 1.54) is 67.1 Å². The van der Waals surface area contributed by atoms with Gasteiger partial charge in [-0.2, -0.15) is 28.2 Å². The number of sulfonamides is 1. The number of hydrogen-bond donors (Lipinski definition) is 6. The molecule has 288 valence electrons. The first-order valence-electron chi connectivity index (χ1n) is 15.4. The third-order valence-corrected chi connectivity index (χ3v) is 10.2. The van der Waals surface area contributed by atoms with Gasteiger partial charge in [0.05, 0.1) is 23.8 Å². The van der Waals surface area contributed by atoms with Crippen molar-refractivity contribution in [2.24, 2.45) is 0 Å². The molecule has 4 aromatic rings. The number of aliphatic hydroxyl groups is 2. The SMILES string of the molecule is CC(NP(=O)(OCC1OC(n2ccc3c(NNS(C)(=O)=O)nc(N)nc32)[C@](C)(O)[C@@H]1O)Oc1ccc(Cl)cc1)C(=O)OCc1ccccc1C(F)(F)F. The molecule has 2 aromatic carbocycles. The Kier molecular flexibility index (Phi) is 11.6. The van der Waals surface area contributed by atoms with Crippen LogP contribution in [0.3, 0.4) is 0 Å². The van der Waals surface area contributed by atoms with Crippen LogP contribution in [-0.2, 0) is 46.2 Å². The number of hydrazine groups is 1. The summed E-state index contributed by atoms with van der Waals surface area (Å²) in [6.07, 6.45) is -6.87. The van der Waals surface area contributed by atoms with Crippen LogP contribution in [0.15, 0.2) is 60.8 Å². The van der Waals surface area contributed by atoms with Crippen molar-refractivity contribution in [1.82, 2.24) is 24.5 Å². The number of hydrogen-bond acceptors (Lipinski definition) is 14. The highest BCUT2D eigenvalue weighted by atomic mass is 35.5. The van der Waals surface area contributed by atoms with Gasteiger partial charge < -0.3 is 34.5 Å². The first-order chi connectivity index (χ1) is 24.7. The van der Waals surface area contributed by atoms with E-state index in [0.717, 1.165) is 18.4 Å². The average molecular weight is 808 g/mol. The van der Waals surface area contributed by atoms with Crippen LogP contribution >= 0.6 is 19.3 Å². The maximum Gasteiger partial charge on any atom is 0.459 e. The summed E-state index contributed by atoms with van der Waals surface area (Å²) >= 11 is 5.95. The van der Waals surface area contributed by atoms with Crippen LogP contribution in [0.2, 0.25) is 5.02 Å². The molecule has 0 aliphatic carbocycles. The maximum absolute atomic E-state index is 14.1. The molecule has 0 spiro atoms. The van der Waals surface area contributed by atoms with Gasteiger partial charge >= 0.3 is 19.9 Å². The van der Waals surface area contributed by atoms with Crippen molar-refractivity contribution >= 4 is 58.1 Å². The van der Waals surface area contributed by atoms with Gasteiger partial charge in [-0.25, -0.2) is 13.0 Å². The van der Waals surface area contributed by atoms with E-state index in [9.17, 15) is 41.2 Å². The molecule has 1 aliphatic rings. The Morgan fingerprint density at radius 1 is 1.19 bits per heavy atom. The Bertz CT molecular complexity index is 2130. The number of carbonyl (C=O) groups excluding carboxylic acids is 1. The van der Waals surface area contributed by atoms with E-state index in [-0.39, 0.29) is 34.1 Å². The molecule has 1 saturated heterocycles. The minimum atomic E-state index is -4.70. The third-order valence-electron chi connectivity index (χ3n) is 7.80. The molecule has 17 nitrogen and oxygen atoms in total. The normalized spacial score (nSPS) is 22.3. The Labute approximate surface area is 305 Å². The van der Waals surface area contributed by atoms with Gasteiger partial charge in [0.15, 0.2) is 12.0 Å². The van der Waals surface area contributed by atoms with Crippen LogP contribution in [0.25, 0.3) is 11.0 Å². The summed E-state index contributed by atoms with van der Waals surface area (Å²) in [5, 5.41) is 25.5. The van der Waals surface area contributed by atoms with Crippen LogP contribution in [0.5, 0.6) is 5.75 Å². The van der Waals surface area contributed by atoms with Crippen molar-refractivity contribution in [1.29, 1.82) is 0 Å². The maximum atomic E-state index is 14.1. The summed E-state index contributed by atoms with van der Waals surface area (Å²) in [6, 6.07) is 10.0. The largest absolute Gasteiger partial charge is 0.460 e. The Morgan fingerprint density at radius 2 is 1.87 bits per heavy atom. The Morgan fingerprint density at radius 3 is 2.53 bits per heavy atom. The van der Waals surface area contributed by atoms with Gasteiger partial charge in [-0.05, 0) is 50.2 Å². The number of nitrogens with zero attached hydrogens (tertiary/aromatic N) is 3. The third kappa shape index (κ3) is 9.55. The second kappa shape index (κ2) is 15.4. The lowest BCUT2D eigenvalue weighted by molar-refractivity contribution is -0.149. The molecule has 3 heterocycles. The highest BCUT2D eigenvalue weighted by molar-refractivity contribution is 7.88. The Hall–Kier alpha value is -4.05. The van der Waals surface area contributed by atoms with Crippen LogP contribution in [0.4, 0.5) is 24.9 Å². The first kappa shape index (κ1) is 40.1. The quantitative estimate of drug-likeness (QED) is 0.0608. The molecule has 7 N–H and O–H groups in total. The fraction of sp³-hybridized carbons (Fsp3) is 0.367. The summed E-state index contributed by atoms with van der Waals surface area (Å²) in [4.78, 5) is 23.1. The summed E-state index contributed by atoms with van der Waals surface area (Å²) in [7, 11) is -8.34. The lowest BCUT2D eigenvalue weighted by Crippen LogP contribution is -2.44. The van der Waals surface area contributed by atoms with Crippen molar-refractivity contribution in [2.75, 3.05) is 24.0 Å². The van der Waals surface area contributed by atoms with Gasteiger partial charge in [-0.15, -0.1) is 4.83 Å². The molecule has 4 unspecified atom stereocenters. The summed E-state index contributed by atoms with van der Waals surface area (Å²) in [6.45, 7) is 0.993. The monoisotopic (exact) mass is 807 g/mol. The molecule has 1 aliphatic heterocycles. The van der Waals surface area contributed by atoms with E-state index in [2.05, 4.69) is 25.3 Å².